The number of methoxy groups -OCH3 is 1. The van der Waals surface area contributed by atoms with E-state index in [-0.39, 0.29) is 5.78 Å². The normalized spacial score (nSPS) is 10.8. The fourth-order valence-electron chi connectivity index (χ4n) is 2.84. The van der Waals surface area contributed by atoms with E-state index in [1.807, 2.05) is 31.2 Å². The molecule has 0 N–H and O–H groups in total. The largest absolute Gasteiger partial charge is 0.494 e. The van der Waals surface area contributed by atoms with E-state index < -0.39 is 5.97 Å². The lowest BCUT2D eigenvalue weighted by molar-refractivity contribution is 0.0605. The quantitative estimate of drug-likeness (QED) is 0.221. The second kappa shape index (κ2) is 9.81. The highest BCUT2D eigenvalue weighted by atomic mass is 32.1. The lowest BCUT2D eigenvalue weighted by atomic mass is 10.1. The maximum Gasteiger partial charge on any atom is 0.348 e. The molecule has 0 unspecified atom stereocenters. The Morgan fingerprint density at radius 1 is 1.30 bits per heavy atom. The fourth-order valence-corrected chi connectivity index (χ4v) is 3.89. The molecule has 0 fully saturated rings. The average molecular weight is 420 g/mol. The predicted molar refractivity (Wildman–Crippen MR) is 116 cm³/mol. The monoisotopic (exact) mass is 420 g/mol. The van der Waals surface area contributed by atoms with Crippen LogP contribution in [0.2, 0.25) is 0 Å². The summed E-state index contributed by atoms with van der Waals surface area (Å²) in [7, 11) is 1.34. The second-order valence-corrected chi connectivity index (χ2v) is 7.50. The van der Waals surface area contributed by atoms with Crippen molar-refractivity contribution in [1.82, 2.24) is 4.98 Å². The first-order valence-electron chi connectivity index (χ1n) is 9.33. The first-order valence-corrected chi connectivity index (χ1v) is 10.1. The lowest BCUT2D eigenvalue weighted by Gasteiger charge is -2.05. The molecule has 0 atom stereocenters. The molecule has 1 aromatic carbocycles. The Balaban J connectivity index is 1.75. The zero-order chi connectivity index (χ0) is 21.5. The number of ketones is 1. The number of fused-ring (bicyclic) bond motifs is 1. The van der Waals surface area contributed by atoms with Gasteiger partial charge >= 0.3 is 5.97 Å². The molecule has 0 saturated carbocycles. The summed E-state index contributed by atoms with van der Waals surface area (Å²) in [5.41, 5.74) is 2.03. The molecule has 0 spiro atoms. The van der Waals surface area contributed by atoms with Gasteiger partial charge in [0.05, 0.1) is 19.8 Å². The molecule has 0 bridgehead atoms. The van der Waals surface area contributed by atoms with Gasteiger partial charge in [0.15, 0.2) is 5.78 Å². The summed E-state index contributed by atoms with van der Waals surface area (Å²) in [6.45, 7) is 2.29. The van der Waals surface area contributed by atoms with E-state index in [9.17, 15) is 9.59 Å². The smallest absolute Gasteiger partial charge is 0.348 e. The zero-order valence-electron chi connectivity index (χ0n) is 16.7. The molecule has 6 nitrogen and oxygen atoms in total. The van der Waals surface area contributed by atoms with Crippen molar-refractivity contribution in [2.24, 2.45) is 0 Å². The molecule has 0 amide bonds. The number of hydrogen-bond donors (Lipinski definition) is 0. The van der Waals surface area contributed by atoms with E-state index in [0.29, 0.717) is 40.5 Å². The summed E-state index contributed by atoms with van der Waals surface area (Å²) in [5.74, 6) is 0.0998. The summed E-state index contributed by atoms with van der Waals surface area (Å²) >= 11 is 1.25. The topological polar surface area (TPSA) is 89.3 Å². The van der Waals surface area contributed by atoms with Crippen LogP contribution in [-0.2, 0) is 4.74 Å². The highest BCUT2D eigenvalue weighted by Crippen LogP contribution is 2.30. The van der Waals surface area contributed by atoms with Crippen LogP contribution in [0.5, 0.6) is 5.75 Å². The van der Waals surface area contributed by atoms with Gasteiger partial charge in [-0.25, -0.2) is 9.78 Å². The molecular weight excluding hydrogens is 400 g/mol. The van der Waals surface area contributed by atoms with Gasteiger partial charge in [-0.3, -0.25) is 4.79 Å². The van der Waals surface area contributed by atoms with E-state index in [1.54, 1.807) is 12.1 Å². The number of ether oxygens (including phenoxy) is 2. The molecule has 0 aliphatic carbocycles. The third-order valence-corrected chi connectivity index (χ3v) is 5.63. The van der Waals surface area contributed by atoms with E-state index in [1.165, 1.54) is 30.7 Å². The highest BCUT2D eigenvalue weighted by molar-refractivity contribution is 7.20. The van der Waals surface area contributed by atoms with Crippen molar-refractivity contribution in [1.29, 1.82) is 5.26 Å². The molecule has 7 heteroatoms. The molecule has 3 rings (SSSR count). The van der Waals surface area contributed by atoms with Gasteiger partial charge in [-0.15, -0.1) is 11.3 Å². The van der Waals surface area contributed by atoms with E-state index in [2.05, 4.69) is 11.1 Å². The molecule has 3 aromatic rings. The maximum absolute atomic E-state index is 12.6. The first kappa shape index (κ1) is 21.2. The summed E-state index contributed by atoms with van der Waals surface area (Å²) < 4.78 is 10.4. The van der Waals surface area contributed by atoms with Crippen LogP contribution >= 0.6 is 11.3 Å². The van der Waals surface area contributed by atoms with Crippen molar-refractivity contribution in [3.63, 3.8) is 0 Å². The van der Waals surface area contributed by atoms with Crippen molar-refractivity contribution in [2.45, 2.75) is 19.8 Å². The molecule has 0 aliphatic heterocycles. The fraction of sp³-hybridized carbons (Fsp3) is 0.217. The van der Waals surface area contributed by atoms with E-state index in [4.69, 9.17) is 14.7 Å². The standard InChI is InChI=1S/C23H20N2O4S/c1-15-19-13-17(14-25-22(19)30-21(15)23(27)28-2)20(26)9-8-16-6-5-7-18(12-16)29-11-4-3-10-24/h5-9,12-14H,3-4,11H2,1-2H3/b9-8+. The first-order chi connectivity index (χ1) is 14.5. The number of pyridine rings is 1. The third-order valence-electron chi connectivity index (χ3n) is 4.44. The summed E-state index contributed by atoms with van der Waals surface area (Å²) in [6, 6.07) is 11.2. The van der Waals surface area contributed by atoms with Crippen molar-refractivity contribution >= 4 is 39.4 Å². The Kier molecular flexibility index (Phi) is 6.94. The van der Waals surface area contributed by atoms with Crippen LogP contribution in [0.15, 0.2) is 42.6 Å². The van der Waals surface area contributed by atoms with Gasteiger partial charge in [-0.1, -0.05) is 18.2 Å². The Bertz CT molecular complexity index is 1160. The molecule has 0 radical (unpaired) electrons. The van der Waals surface area contributed by atoms with Crippen molar-refractivity contribution in [3.8, 4) is 11.8 Å². The number of nitriles is 1. The Labute approximate surface area is 178 Å². The van der Waals surface area contributed by atoms with Gasteiger partial charge in [0.2, 0.25) is 0 Å². The Morgan fingerprint density at radius 3 is 2.90 bits per heavy atom. The zero-order valence-corrected chi connectivity index (χ0v) is 17.5. The van der Waals surface area contributed by atoms with Gasteiger partial charge < -0.3 is 9.47 Å². The number of rotatable bonds is 8. The number of unbranched alkanes of at least 4 members (excludes halogenated alkanes) is 1. The predicted octanol–water partition coefficient (Wildman–Crippen LogP) is 4.97. The minimum absolute atomic E-state index is 0.185. The van der Waals surface area contributed by atoms with Crippen molar-refractivity contribution < 1.29 is 19.1 Å². The van der Waals surface area contributed by atoms with Crippen LogP contribution in [0.3, 0.4) is 0 Å². The molecule has 0 saturated heterocycles. The number of esters is 1. The number of hydrogen-bond acceptors (Lipinski definition) is 7. The number of aryl methyl sites for hydroxylation is 1. The Morgan fingerprint density at radius 2 is 2.13 bits per heavy atom. The number of aromatic nitrogens is 1. The Hall–Kier alpha value is -3.50. The number of allylic oxidation sites excluding steroid dienone is 1. The van der Waals surface area contributed by atoms with Crippen LogP contribution in [0.1, 0.15) is 44.0 Å². The van der Waals surface area contributed by atoms with E-state index in [0.717, 1.165) is 16.5 Å². The van der Waals surface area contributed by atoms with Crippen molar-refractivity contribution in [2.75, 3.05) is 13.7 Å². The minimum Gasteiger partial charge on any atom is -0.494 e. The van der Waals surface area contributed by atoms with Gasteiger partial charge in [0.1, 0.15) is 15.5 Å². The van der Waals surface area contributed by atoms with Crippen LogP contribution in [0.4, 0.5) is 0 Å². The van der Waals surface area contributed by atoms with Crippen LogP contribution in [0.25, 0.3) is 16.3 Å². The maximum atomic E-state index is 12.6. The molecule has 30 heavy (non-hydrogen) atoms. The van der Waals surface area contributed by atoms with Gasteiger partial charge in [0.25, 0.3) is 0 Å². The van der Waals surface area contributed by atoms with Crippen molar-refractivity contribution in [3.05, 3.63) is 64.2 Å². The van der Waals surface area contributed by atoms with Crippen LogP contribution in [-0.4, -0.2) is 30.5 Å². The summed E-state index contributed by atoms with van der Waals surface area (Å²) in [5, 5.41) is 9.33. The molecule has 152 valence electrons. The molecule has 2 heterocycles. The van der Waals surface area contributed by atoms with Crippen LogP contribution < -0.4 is 4.74 Å². The lowest BCUT2D eigenvalue weighted by Crippen LogP contribution is -1.99. The molecular formula is C23H20N2O4S. The summed E-state index contributed by atoms with van der Waals surface area (Å²) in [6.07, 6.45) is 5.84. The third kappa shape index (κ3) is 4.91. The molecule has 2 aromatic heterocycles. The van der Waals surface area contributed by atoms with E-state index >= 15 is 0 Å². The van der Waals surface area contributed by atoms with Gasteiger partial charge in [-0.2, -0.15) is 5.26 Å². The van der Waals surface area contributed by atoms with Gasteiger partial charge in [-0.05, 0) is 48.7 Å². The average Bonchev–Trinajstić information content (AvgIpc) is 3.10. The second-order valence-electron chi connectivity index (χ2n) is 6.50. The van der Waals surface area contributed by atoms with Gasteiger partial charge in [0, 0.05) is 23.6 Å². The molecule has 0 aliphatic rings. The number of carbonyl (C=O) groups is 2. The number of nitrogens with zero attached hydrogens (tertiary/aromatic N) is 2. The number of carbonyl (C=O) groups excluding carboxylic acids is 2. The highest BCUT2D eigenvalue weighted by Gasteiger charge is 2.17. The summed E-state index contributed by atoms with van der Waals surface area (Å²) in [4.78, 5) is 30.0. The van der Waals surface area contributed by atoms with Crippen LogP contribution in [0, 0.1) is 18.3 Å². The minimum atomic E-state index is -0.405. The number of thiophene rings is 1. The number of benzene rings is 1. The SMILES string of the molecule is COC(=O)c1sc2ncc(C(=O)/C=C/c3cccc(OCCCC#N)c3)cc2c1C.